The van der Waals surface area contributed by atoms with Crippen molar-refractivity contribution in [2.75, 3.05) is 27.2 Å². The van der Waals surface area contributed by atoms with Gasteiger partial charge in [-0.25, -0.2) is 4.98 Å². The van der Waals surface area contributed by atoms with Gasteiger partial charge >= 0.3 is 0 Å². The fourth-order valence-corrected chi connectivity index (χ4v) is 5.09. The van der Waals surface area contributed by atoms with E-state index >= 15 is 0 Å². The third-order valence-corrected chi connectivity index (χ3v) is 6.60. The molecule has 1 saturated carbocycles. The first-order valence-corrected chi connectivity index (χ1v) is 11.1. The molecule has 0 N–H and O–H groups in total. The standard InChI is InChI=1S/C23H33N3OS/c1-16-10-11-20(17(2)14-16)23-21(28-18(3)24-23)15-22(27)26(13-12-25(4)5)19-8-6-7-9-19/h10-11,14,19H,6-9,12-13,15H2,1-5H3. The lowest BCUT2D eigenvalue weighted by Gasteiger charge is -2.30. The molecule has 4 nitrogen and oxygen atoms in total. The van der Waals surface area contributed by atoms with E-state index < -0.39 is 0 Å². The number of benzene rings is 1. The van der Waals surface area contributed by atoms with Crippen LogP contribution in [0, 0.1) is 20.8 Å². The van der Waals surface area contributed by atoms with Crippen molar-refractivity contribution in [1.29, 1.82) is 0 Å². The highest BCUT2D eigenvalue weighted by molar-refractivity contribution is 7.12. The number of thiazole rings is 1. The predicted octanol–water partition coefficient (Wildman–Crippen LogP) is 4.61. The van der Waals surface area contributed by atoms with E-state index in [9.17, 15) is 4.79 Å². The molecule has 0 bridgehead atoms. The van der Waals surface area contributed by atoms with E-state index in [4.69, 9.17) is 4.98 Å². The van der Waals surface area contributed by atoms with Crippen molar-refractivity contribution in [2.24, 2.45) is 0 Å². The van der Waals surface area contributed by atoms with Gasteiger partial charge in [-0.15, -0.1) is 11.3 Å². The number of amides is 1. The van der Waals surface area contributed by atoms with E-state index in [1.807, 2.05) is 6.92 Å². The smallest absolute Gasteiger partial charge is 0.228 e. The van der Waals surface area contributed by atoms with Gasteiger partial charge in [0.25, 0.3) is 0 Å². The monoisotopic (exact) mass is 399 g/mol. The van der Waals surface area contributed by atoms with Crippen LogP contribution in [-0.4, -0.2) is 53.9 Å². The molecular weight excluding hydrogens is 366 g/mol. The van der Waals surface area contributed by atoms with Gasteiger partial charge in [0.1, 0.15) is 0 Å². The summed E-state index contributed by atoms with van der Waals surface area (Å²) >= 11 is 1.67. The second kappa shape index (κ2) is 9.19. The van der Waals surface area contributed by atoms with E-state index in [1.165, 1.54) is 24.0 Å². The normalized spacial score (nSPS) is 14.8. The predicted molar refractivity (Wildman–Crippen MR) is 118 cm³/mol. The van der Waals surface area contributed by atoms with Crippen LogP contribution in [0.25, 0.3) is 11.3 Å². The number of nitrogens with zero attached hydrogens (tertiary/aromatic N) is 3. The largest absolute Gasteiger partial charge is 0.338 e. The molecule has 1 aromatic carbocycles. The van der Waals surface area contributed by atoms with Crippen LogP contribution in [0.5, 0.6) is 0 Å². The van der Waals surface area contributed by atoms with Crippen LogP contribution < -0.4 is 0 Å². The number of likely N-dealkylation sites (N-methyl/N-ethyl adjacent to an activating group) is 1. The summed E-state index contributed by atoms with van der Waals surface area (Å²) in [6.07, 6.45) is 5.22. The Kier molecular flexibility index (Phi) is 6.89. The molecule has 2 aromatic rings. The third kappa shape index (κ3) is 5.00. The van der Waals surface area contributed by atoms with Crippen molar-refractivity contribution in [1.82, 2.24) is 14.8 Å². The Morgan fingerprint density at radius 1 is 1.14 bits per heavy atom. The Labute approximate surface area is 173 Å². The molecule has 0 unspecified atom stereocenters. The summed E-state index contributed by atoms with van der Waals surface area (Å²) in [5.41, 5.74) is 4.62. The molecule has 5 heteroatoms. The van der Waals surface area contributed by atoms with Gasteiger partial charge in [0, 0.05) is 29.6 Å². The molecule has 0 spiro atoms. The molecule has 0 radical (unpaired) electrons. The number of aromatic nitrogens is 1. The van der Waals surface area contributed by atoms with E-state index in [-0.39, 0.29) is 5.91 Å². The van der Waals surface area contributed by atoms with Crippen molar-refractivity contribution in [3.8, 4) is 11.3 Å². The molecule has 0 saturated heterocycles. The highest BCUT2D eigenvalue weighted by atomic mass is 32.1. The SMILES string of the molecule is Cc1ccc(-c2nc(C)sc2CC(=O)N(CCN(C)C)C2CCCC2)c(C)c1. The van der Waals surface area contributed by atoms with Crippen molar-refractivity contribution in [3.05, 3.63) is 39.2 Å². The molecule has 1 heterocycles. The number of carbonyl (C=O) groups excluding carboxylic acids is 1. The molecule has 28 heavy (non-hydrogen) atoms. The Bertz CT molecular complexity index is 821. The van der Waals surface area contributed by atoms with E-state index in [0.717, 1.165) is 47.1 Å². The number of hydrogen-bond donors (Lipinski definition) is 0. The molecular formula is C23H33N3OS. The maximum Gasteiger partial charge on any atom is 0.228 e. The van der Waals surface area contributed by atoms with Gasteiger partial charge in [-0.05, 0) is 53.3 Å². The van der Waals surface area contributed by atoms with Crippen molar-refractivity contribution in [3.63, 3.8) is 0 Å². The first kappa shape index (κ1) is 21.0. The Morgan fingerprint density at radius 2 is 1.86 bits per heavy atom. The third-order valence-electron chi connectivity index (χ3n) is 5.63. The number of carbonyl (C=O) groups is 1. The first-order chi connectivity index (χ1) is 13.3. The van der Waals surface area contributed by atoms with E-state index in [2.05, 4.69) is 55.9 Å². The summed E-state index contributed by atoms with van der Waals surface area (Å²) in [6.45, 7) is 8.00. The van der Waals surface area contributed by atoms with Gasteiger partial charge in [0.05, 0.1) is 17.1 Å². The lowest BCUT2D eigenvalue weighted by molar-refractivity contribution is -0.132. The molecule has 1 amide bonds. The van der Waals surface area contributed by atoms with Gasteiger partial charge in [0.15, 0.2) is 0 Å². The minimum atomic E-state index is 0.253. The van der Waals surface area contributed by atoms with Crippen molar-refractivity contribution in [2.45, 2.75) is 58.9 Å². The highest BCUT2D eigenvalue weighted by Gasteiger charge is 2.28. The number of rotatable bonds is 7. The second-order valence-electron chi connectivity index (χ2n) is 8.33. The number of hydrogen-bond acceptors (Lipinski definition) is 4. The zero-order chi connectivity index (χ0) is 20.3. The quantitative estimate of drug-likeness (QED) is 0.682. The average Bonchev–Trinajstić information content (AvgIpc) is 3.25. The fraction of sp³-hybridized carbons (Fsp3) is 0.565. The second-order valence-corrected chi connectivity index (χ2v) is 9.62. The van der Waals surface area contributed by atoms with Crippen LogP contribution in [0.15, 0.2) is 18.2 Å². The van der Waals surface area contributed by atoms with Gasteiger partial charge in [-0.2, -0.15) is 0 Å². The zero-order valence-corrected chi connectivity index (χ0v) is 18.7. The van der Waals surface area contributed by atoms with Gasteiger partial charge < -0.3 is 9.80 Å². The maximum absolute atomic E-state index is 13.3. The molecule has 1 aliphatic rings. The highest BCUT2D eigenvalue weighted by Crippen LogP contribution is 2.32. The Balaban J connectivity index is 1.84. The minimum absolute atomic E-state index is 0.253. The van der Waals surface area contributed by atoms with Crippen LogP contribution in [0.1, 0.15) is 46.7 Å². The number of aryl methyl sites for hydroxylation is 3. The lowest BCUT2D eigenvalue weighted by Crippen LogP contribution is -2.43. The van der Waals surface area contributed by atoms with Crippen molar-refractivity contribution >= 4 is 17.2 Å². The van der Waals surface area contributed by atoms with Crippen LogP contribution in [0.2, 0.25) is 0 Å². The van der Waals surface area contributed by atoms with Crippen LogP contribution in [-0.2, 0) is 11.2 Å². The maximum atomic E-state index is 13.3. The van der Waals surface area contributed by atoms with Crippen LogP contribution in [0.4, 0.5) is 0 Å². The van der Waals surface area contributed by atoms with Gasteiger partial charge in [0.2, 0.25) is 5.91 Å². The van der Waals surface area contributed by atoms with Crippen molar-refractivity contribution < 1.29 is 4.79 Å². The molecule has 0 atom stereocenters. The summed E-state index contributed by atoms with van der Waals surface area (Å²) in [5.74, 6) is 0.253. The van der Waals surface area contributed by atoms with Gasteiger partial charge in [-0.3, -0.25) is 4.79 Å². The first-order valence-electron chi connectivity index (χ1n) is 10.3. The molecule has 3 rings (SSSR count). The molecule has 1 fully saturated rings. The lowest BCUT2D eigenvalue weighted by atomic mass is 10.0. The summed E-state index contributed by atoms with van der Waals surface area (Å²) in [4.78, 5) is 23.5. The Hall–Kier alpha value is -1.72. The molecule has 152 valence electrons. The molecule has 1 aromatic heterocycles. The molecule has 0 aliphatic heterocycles. The fourth-order valence-electron chi connectivity index (χ4n) is 4.15. The summed E-state index contributed by atoms with van der Waals surface area (Å²) in [7, 11) is 4.14. The van der Waals surface area contributed by atoms with E-state index in [0.29, 0.717) is 12.5 Å². The minimum Gasteiger partial charge on any atom is -0.338 e. The summed E-state index contributed by atoms with van der Waals surface area (Å²) < 4.78 is 0. The van der Waals surface area contributed by atoms with Gasteiger partial charge in [-0.1, -0.05) is 36.6 Å². The van der Waals surface area contributed by atoms with E-state index in [1.54, 1.807) is 11.3 Å². The zero-order valence-electron chi connectivity index (χ0n) is 17.9. The summed E-state index contributed by atoms with van der Waals surface area (Å²) in [6, 6.07) is 6.88. The van der Waals surface area contributed by atoms with Crippen LogP contribution >= 0.6 is 11.3 Å². The Morgan fingerprint density at radius 3 is 2.50 bits per heavy atom. The molecule has 1 aliphatic carbocycles. The van der Waals surface area contributed by atoms with Crippen LogP contribution in [0.3, 0.4) is 0 Å². The topological polar surface area (TPSA) is 36.4 Å². The summed E-state index contributed by atoms with van der Waals surface area (Å²) in [5, 5.41) is 1.03. The average molecular weight is 400 g/mol.